The standard InChI is InChI=1S/C26H37N9O3/c27-23(36)17-34-8-5-22-24(34)25(29-18-1-3-20(4-2-18)33-9-13-38-14-10-33)32-26(31-22)30-19-15-28-35(16-19)21-6-11-37-12-7-21/h5,8,15-16,18,20-21H,1-4,6-7,9-14,17H2,(H2,27,36)(H2,29,30,31,32)/t18-,20-. The summed E-state index contributed by atoms with van der Waals surface area (Å²) < 4.78 is 14.8. The molecule has 204 valence electrons. The summed E-state index contributed by atoms with van der Waals surface area (Å²) in [5, 5.41) is 11.6. The van der Waals surface area contributed by atoms with Gasteiger partial charge in [-0.15, -0.1) is 0 Å². The van der Waals surface area contributed by atoms with E-state index in [1.807, 2.05) is 27.7 Å². The van der Waals surface area contributed by atoms with Gasteiger partial charge in [-0.1, -0.05) is 0 Å². The van der Waals surface area contributed by atoms with Crippen molar-refractivity contribution in [1.29, 1.82) is 0 Å². The van der Waals surface area contributed by atoms with Crippen LogP contribution in [0.5, 0.6) is 0 Å². The maximum Gasteiger partial charge on any atom is 0.237 e. The number of carbonyl (C=O) groups is 1. The SMILES string of the molecule is NC(=O)Cn1ccc2nc(Nc3cnn(C4CCOCC4)c3)nc(N[C@H]3CC[C@H](N4CCOCC4)CC3)c21. The fourth-order valence-electron chi connectivity index (χ4n) is 5.97. The van der Waals surface area contributed by atoms with Gasteiger partial charge >= 0.3 is 0 Å². The van der Waals surface area contributed by atoms with Gasteiger partial charge in [-0.25, -0.2) is 4.98 Å². The van der Waals surface area contributed by atoms with Crippen LogP contribution in [0.25, 0.3) is 11.0 Å². The van der Waals surface area contributed by atoms with Crippen LogP contribution in [-0.2, 0) is 20.8 Å². The molecule has 0 atom stereocenters. The van der Waals surface area contributed by atoms with E-state index < -0.39 is 5.91 Å². The second kappa shape index (κ2) is 11.3. The lowest BCUT2D eigenvalue weighted by Gasteiger charge is -2.39. The third-order valence-corrected chi connectivity index (χ3v) is 7.96. The van der Waals surface area contributed by atoms with Gasteiger partial charge in [0.05, 0.1) is 36.7 Å². The molecule has 38 heavy (non-hydrogen) atoms. The van der Waals surface area contributed by atoms with E-state index in [-0.39, 0.29) is 6.54 Å². The van der Waals surface area contributed by atoms with Crippen molar-refractivity contribution in [2.75, 3.05) is 50.2 Å². The number of fused-ring (bicyclic) bond motifs is 1. The predicted molar refractivity (Wildman–Crippen MR) is 143 cm³/mol. The Morgan fingerprint density at radius 2 is 1.76 bits per heavy atom. The number of nitrogens with zero attached hydrogens (tertiary/aromatic N) is 6. The number of morpholine rings is 1. The summed E-state index contributed by atoms with van der Waals surface area (Å²) in [5.41, 5.74) is 7.91. The molecule has 1 saturated carbocycles. The van der Waals surface area contributed by atoms with Crippen LogP contribution in [0.1, 0.15) is 44.6 Å². The van der Waals surface area contributed by atoms with Gasteiger partial charge in [0.2, 0.25) is 11.9 Å². The number of carbonyl (C=O) groups excluding carboxylic acids is 1. The molecule has 3 aromatic heterocycles. The van der Waals surface area contributed by atoms with Crippen LogP contribution in [0.3, 0.4) is 0 Å². The topological polar surface area (TPSA) is 137 Å². The number of ether oxygens (including phenoxy) is 2. The number of amides is 1. The number of rotatable bonds is 8. The van der Waals surface area contributed by atoms with Crippen LogP contribution in [-0.4, -0.2) is 86.7 Å². The minimum Gasteiger partial charge on any atom is -0.381 e. The Labute approximate surface area is 221 Å². The van der Waals surface area contributed by atoms with E-state index in [1.54, 1.807) is 6.20 Å². The van der Waals surface area contributed by atoms with Crippen LogP contribution in [0, 0.1) is 0 Å². The van der Waals surface area contributed by atoms with Crippen molar-refractivity contribution in [2.24, 2.45) is 5.73 Å². The highest BCUT2D eigenvalue weighted by molar-refractivity contribution is 5.89. The first-order valence-corrected chi connectivity index (χ1v) is 13.7. The summed E-state index contributed by atoms with van der Waals surface area (Å²) in [4.78, 5) is 23.9. The first-order chi connectivity index (χ1) is 18.6. The van der Waals surface area contributed by atoms with Gasteiger partial charge in [-0.3, -0.25) is 14.4 Å². The van der Waals surface area contributed by atoms with Crippen LogP contribution >= 0.6 is 0 Å². The summed E-state index contributed by atoms with van der Waals surface area (Å²) in [6.45, 7) is 5.31. The first kappa shape index (κ1) is 25.1. The van der Waals surface area contributed by atoms with Gasteiger partial charge in [0.1, 0.15) is 12.1 Å². The molecule has 0 spiro atoms. The molecular formula is C26H37N9O3. The monoisotopic (exact) mass is 523 g/mol. The third kappa shape index (κ3) is 5.62. The van der Waals surface area contributed by atoms with Gasteiger partial charge in [-0.2, -0.15) is 10.1 Å². The summed E-state index contributed by atoms with van der Waals surface area (Å²) in [6, 6.07) is 3.16. The molecule has 3 fully saturated rings. The summed E-state index contributed by atoms with van der Waals surface area (Å²) in [6.07, 6.45) is 12.0. The number of hydrogen-bond acceptors (Lipinski definition) is 9. The fourth-order valence-corrected chi connectivity index (χ4v) is 5.97. The van der Waals surface area contributed by atoms with Gasteiger partial charge in [-0.05, 0) is 44.6 Å². The lowest BCUT2D eigenvalue weighted by molar-refractivity contribution is -0.118. The van der Waals surface area contributed by atoms with E-state index in [0.717, 1.165) is 101 Å². The van der Waals surface area contributed by atoms with Crippen LogP contribution in [0.2, 0.25) is 0 Å². The zero-order valence-electron chi connectivity index (χ0n) is 21.7. The highest BCUT2D eigenvalue weighted by Crippen LogP contribution is 2.30. The van der Waals surface area contributed by atoms with Crippen molar-refractivity contribution >= 4 is 34.4 Å². The number of hydrogen-bond donors (Lipinski definition) is 3. The molecule has 0 bridgehead atoms. The van der Waals surface area contributed by atoms with Crippen LogP contribution < -0.4 is 16.4 Å². The Bertz CT molecular complexity index is 1240. The van der Waals surface area contributed by atoms with E-state index in [1.165, 1.54) is 0 Å². The molecule has 1 amide bonds. The maximum absolute atomic E-state index is 11.7. The van der Waals surface area contributed by atoms with E-state index in [0.29, 0.717) is 24.1 Å². The molecule has 6 rings (SSSR count). The number of anilines is 3. The van der Waals surface area contributed by atoms with E-state index in [9.17, 15) is 4.79 Å². The van der Waals surface area contributed by atoms with Crippen molar-refractivity contribution < 1.29 is 14.3 Å². The van der Waals surface area contributed by atoms with E-state index in [4.69, 9.17) is 25.2 Å². The third-order valence-electron chi connectivity index (χ3n) is 7.96. The Balaban J connectivity index is 1.20. The number of primary amides is 1. The van der Waals surface area contributed by atoms with Crippen molar-refractivity contribution in [3.63, 3.8) is 0 Å². The highest BCUT2D eigenvalue weighted by Gasteiger charge is 2.28. The molecule has 12 heteroatoms. The molecule has 12 nitrogen and oxygen atoms in total. The second-order valence-electron chi connectivity index (χ2n) is 10.5. The number of nitrogens with one attached hydrogen (secondary N) is 2. The lowest BCUT2D eigenvalue weighted by Crippen LogP contribution is -2.46. The smallest absolute Gasteiger partial charge is 0.237 e. The van der Waals surface area contributed by atoms with Crippen LogP contribution in [0.15, 0.2) is 24.7 Å². The molecule has 0 unspecified atom stereocenters. The van der Waals surface area contributed by atoms with E-state index in [2.05, 4.69) is 20.6 Å². The Kier molecular flexibility index (Phi) is 7.43. The number of nitrogens with two attached hydrogens (primary N) is 1. The average molecular weight is 524 g/mol. The van der Waals surface area contributed by atoms with Gasteiger partial charge in [0.15, 0.2) is 5.82 Å². The maximum atomic E-state index is 11.7. The zero-order chi connectivity index (χ0) is 25.9. The van der Waals surface area contributed by atoms with Crippen molar-refractivity contribution in [3.8, 4) is 0 Å². The Morgan fingerprint density at radius 3 is 2.53 bits per heavy atom. The minimum atomic E-state index is -0.401. The molecule has 0 radical (unpaired) electrons. The molecule has 2 saturated heterocycles. The summed E-state index contributed by atoms with van der Waals surface area (Å²) in [7, 11) is 0. The minimum absolute atomic E-state index is 0.0793. The fraction of sp³-hybridized carbons (Fsp3) is 0.615. The first-order valence-electron chi connectivity index (χ1n) is 13.7. The van der Waals surface area contributed by atoms with Gasteiger partial charge in [0.25, 0.3) is 0 Å². The van der Waals surface area contributed by atoms with Gasteiger partial charge in [0, 0.05) is 50.8 Å². The van der Waals surface area contributed by atoms with Crippen molar-refractivity contribution in [3.05, 3.63) is 24.7 Å². The average Bonchev–Trinajstić information content (AvgIpc) is 3.57. The quantitative estimate of drug-likeness (QED) is 0.406. The molecule has 1 aliphatic carbocycles. The molecule has 5 heterocycles. The number of aromatic nitrogens is 5. The van der Waals surface area contributed by atoms with Gasteiger partial charge < -0.3 is 30.4 Å². The molecule has 0 aromatic carbocycles. The van der Waals surface area contributed by atoms with Crippen molar-refractivity contribution in [2.45, 2.75) is 63.2 Å². The Hall–Kier alpha value is -3.22. The molecule has 3 aliphatic rings. The lowest BCUT2D eigenvalue weighted by atomic mass is 9.90. The van der Waals surface area contributed by atoms with Crippen molar-refractivity contribution in [1.82, 2.24) is 29.2 Å². The van der Waals surface area contributed by atoms with Crippen LogP contribution in [0.4, 0.5) is 17.5 Å². The molecule has 2 aliphatic heterocycles. The zero-order valence-corrected chi connectivity index (χ0v) is 21.7. The molecular weight excluding hydrogens is 486 g/mol. The summed E-state index contributed by atoms with van der Waals surface area (Å²) >= 11 is 0. The second-order valence-corrected chi connectivity index (χ2v) is 10.5. The molecule has 3 aromatic rings. The Morgan fingerprint density at radius 1 is 1.00 bits per heavy atom. The predicted octanol–water partition coefficient (Wildman–Crippen LogP) is 2.26. The highest BCUT2D eigenvalue weighted by atomic mass is 16.5. The normalized spacial score (nSPS) is 23.5. The molecule has 4 N–H and O–H groups in total. The van der Waals surface area contributed by atoms with E-state index >= 15 is 0 Å². The largest absolute Gasteiger partial charge is 0.381 e. The summed E-state index contributed by atoms with van der Waals surface area (Å²) in [5.74, 6) is 0.808.